The Morgan fingerprint density at radius 1 is 1.24 bits per heavy atom. The van der Waals surface area contributed by atoms with E-state index >= 15 is 0 Å². The number of β-amino-alcohol motifs (C(OH)–C–C–N with tert-alkyl or cyclic N) is 1. The Balaban J connectivity index is 1.89. The van der Waals surface area contributed by atoms with Crippen molar-refractivity contribution in [1.29, 1.82) is 0 Å². The molecule has 0 radical (unpaired) electrons. The number of rotatable bonds is 6. The monoisotopic (exact) mass is 292 g/mol. The Kier molecular flexibility index (Phi) is 6.03. The maximum atomic E-state index is 9.75. The highest BCUT2D eigenvalue weighted by molar-refractivity contribution is 5.30. The number of piperazine rings is 1. The van der Waals surface area contributed by atoms with Crippen LogP contribution in [0.25, 0.3) is 0 Å². The average molecular weight is 292 g/mol. The van der Waals surface area contributed by atoms with Crippen LogP contribution in [0.4, 0.5) is 0 Å². The SMILES string of the molecule is CCC(O)CN1CCN(C(C)c2cccc(OC)c2)CC1. The van der Waals surface area contributed by atoms with E-state index in [1.165, 1.54) is 5.56 Å². The fourth-order valence-electron chi connectivity index (χ4n) is 2.87. The van der Waals surface area contributed by atoms with Crippen LogP contribution >= 0.6 is 0 Å². The van der Waals surface area contributed by atoms with Crippen LogP contribution in [0.1, 0.15) is 31.9 Å². The Morgan fingerprint density at radius 3 is 2.57 bits per heavy atom. The molecule has 0 bridgehead atoms. The Bertz CT molecular complexity index is 431. The first kappa shape index (κ1) is 16.3. The van der Waals surface area contributed by atoms with Crippen molar-refractivity contribution in [2.24, 2.45) is 0 Å². The normalized spacial score (nSPS) is 20.2. The zero-order chi connectivity index (χ0) is 15.2. The maximum Gasteiger partial charge on any atom is 0.119 e. The Morgan fingerprint density at radius 2 is 1.95 bits per heavy atom. The number of methoxy groups -OCH3 is 1. The van der Waals surface area contributed by atoms with Crippen LogP contribution in [-0.2, 0) is 0 Å². The number of nitrogens with zero attached hydrogens (tertiary/aromatic N) is 2. The molecule has 1 aromatic carbocycles. The van der Waals surface area contributed by atoms with Gasteiger partial charge in [0.25, 0.3) is 0 Å². The van der Waals surface area contributed by atoms with Gasteiger partial charge in [-0.25, -0.2) is 0 Å². The van der Waals surface area contributed by atoms with Crippen LogP contribution in [0.2, 0.25) is 0 Å². The van der Waals surface area contributed by atoms with Gasteiger partial charge in [0.05, 0.1) is 13.2 Å². The van der Waals surface area contributed by atoms with Crippen molar-refractivity contribution in [3.8, 4) is 5.75 Å². The second-order valence-electron chi connectivity index (χ2n) is 5.85. The molecule has 0 saturated carbocycles. The highest BCUT2D eigenvalue weighted by Crippen LogP contribution is 2.24. The zero-order valence-corrected chi connectivity index (χ0v) is 13.5. The molecule has 1 N–H and O–H groups in total. The van der Waals surface area contributed by atoms with Crippen molar-refractivity contribution < 1.29 is 9.84 Å². The van der Waals surface area contributed by atoms with Crippen LogP contribution < -0.4 is 4.74 Å². The van der Waals surface area contributed by atoms with Crippen LogP contribution in [0.3, 0.4) is 0 Å². The van der Waals surface area contributed by atoms with Crippen LogP contribution in [-0.4, -0.2) is 60.8 Å². The highest BCUT2D eigenvalue weighted by Gasteiger charge is 2.23. The van der Waals surface area contributed by atoms with Gasteiger partial charge in [0.15, 0.2) is 0 Å². The number of aliphatic hydroxyl groups excluding tert-OH is 1. The average Bonchev–Trinajstić information content (AvgIpc) is 2.54. The van der Waals surface area contributed by atoms with Crippen molar-refractivity contribution in [3.63, 3.8) is 0 Å². The number of hydrogen-bond acceptors (Lipinski definition) is 4. The quantitative estimate of drug-likeness (QED) is 0.871. The molecule has 21 heavy (non-hydrogen) atoms. The first-order chi connectivity index (χ1) is 10.1. The summed E-state index contributed by atoms with van der Waals surface area (Å²) < 4.78 is 5.31. The molecule has 4 nitrogen and oxygen atoms in total. The van der Waals surface area contributed by atoms with Crippen molar-refractivity contribution in [2.75, 3.05) is 39.8 Å². The summed E-state index contributed by atoms with van der Waals surface area (Å²) in [5.74, 6) is 0.920. The standard InChI is InChI=1S/C17H28N2O2/c1-4-16(20)13-18-8-10-19(11-9-18)14(2)15-6-5-7-17(12-15)21-3/h5-7,12,14,16,20H,4,8-11,13H2,1-3H3. The molecule has 0 aliphatic carbocycles. The van der Waals surface area contributed by atoms with Crippen molar-refractivity contribution in [1.82, 2.24) is 9.80 Å². The molecule has 1 heterocycles. The molecule has 0 aromatic heterocycles. The predicted molar refractivity (Wildman–Crippen MR) is 85.7 cm³/mol. The molecule has 1 saturated heterocycles. The Labute approximate surface area is 128 Å². The molecule has 118 valence electrons. The van der Waals surface area contributed by atoms with Gasteiger partial charge in [0.2, 0.25) is 0 Å². The van der Waals surface area contributed by atoms with Gasteiger partial charge in [-0.15, -0.1) is 0 Å². The van der Waals surface area contributed by atoms with E-state index in [9.17, 15) is 5.11 Å². The lowest BCUT2D eigenvalue weighted by Crippen LogP contribution is -2.49. The van der Waals surface area contributed by atoms with Crippen molar-refractivity contribution in [2.45, 2.75) is 32.4 Å². The number of hydrogen-bond donors (Lipinski definition) is 1. The molecular weight excluding hydrogens is 264 g/mol. The minimum Gasteiger partial charge on any atom is -0.497 e. The summed E-state index contributed by atoms with van der Waals surface area (Å²) in [6, 6.07) is 8.73. The number of ether oxygens (including phenoxy) is 1. The van der Waals surface area contributed by atoms with Crippen LogP contribution in [0.15, 0.2) is 24.3 Å². The number of aliphatic hydroxyl groups is 1. The summed E-state index contributed by atoms with van der Waals surface area (Å²) in [5, 5.41) is 9.75. The van der Waals surface area contributed by atoms with Gasteiger partial charge in [0.1, 0.15) is 5.75 Å². The lowest BCUT2D eigenvalue weighted by Gasteiger charge is -2.38. The minimum absolute atomic E-state index is 0.188. The molecule has 1 aliphatic rings. The van der Waals surface area contributed by atoms with Crippen molar-refractivity contribution >= 4 is 0 Å². The summed E-state index contributed by atoms with van der Waals surface area (Å²) in [4.78, 5) is 4.87. The molecule has 0 spiro atoms. The fourth-order valence-corrected chi connectivity index (χ4v) is 2.87. The summed E-state index contributed by atoms with van der Waals surface area (Å²) >= 11 is 0. The molecule has 1 aromatic rings. The van der Waals surface area contributed by atoms with Gasteiger partial charge in [-0.2, -0.15) is 0 Å². The van der Waals surface area contributed by atoms with Gasteiger partial charge in [-0.3, -0.25) is 9.80 Å². The topological polar surface area (TPSA) is 35.9 Å². The summed E-state index contributed by atoms with van der Waals surface area (Å²) in [7, 11) is 1.71. The second-order valence-corrected chi connectivity index (χ2v) is 5.85. The van der Waals surface area contributed by atoms with Crippen molar-refractivity contribution in [3.05, 3.63) is 29.8 Å². The summed E-state index contributed by atoms with van der Waals surface area (Å²) in [5.41, 5.74) is 1.30. The largest absolute Gasteiger partial charge is 0.497 e. The molecule has 2 atom stereocenters. The number of benzene rings is 1. The van der Waals surface area contributed by atoms with E-state index in [-0.39, 0.29) is 6.10 Å². The van der Waals surface area contributed by atoms with E-state index in [1.54, 1.807) is 7.11 Å². The van der Waals surface area contributed by atoms with Gasteiger partial charge in [-0.05, 0) is 31.0 Å². The molecule has 0 amide bonds. The Hall–Kier alpha value is -1.10. The second kappa shape index (κ2) is 7.78. The fraction of sp³-hybridized carbons (Fsp3) is 0.647. The molecule has 2 unspecified atom stereocenters. The van der Waals surface area contributed by atoms with E-state index < -0.39 is 0 Å². The molecule has 4 heteroatoms. The lowest BCUT2D eigenvalue weighted by molar-refractivity contribution is 0.0579. The van der Waals surface area contributed by atoms with Crippen LogP contribution in [0.5, 0.6) is 5.75 Å². The van der Waals surface area contributed by atoms with E-state index in [4.69, 9.17) is 4.74 Å². The molecule has 1 fully saturated rings. The third-order valence-electron chi connectivity index (χ3n) is 4.47. The third kappa shape index (κ3) is 4.43. The van der Waals surface area contributed by atoms with E-state index in [1.807, 2.05) is 13.0 Å². The van der Waals surface area contributed by atoms with E-state index in [2.05, 4.69) is 34.9 Å². The van der Waals surface area contributed by atoms with E-state index in [0.717, 1.165) is 44.9 Å². The lowest BCUT2D eigenvalue weighted by atomic mass is 10.1. The third-order valence-corrected chi connectivity index (χ3v) is 4.47. The summed E-state index contributed by atoms with van der Waals surface area (Å²) in [6.45, 7) is 9.26. The smallest absolute Gasteiger partial charge is 0.119 e. The van der Waals surface area contributed by atoms with Gasteiger partial charge < -0.3 is 9.84 Å². The first-order valence-electron chi connectivity index (χ1n) is 7.92. The molecule has 2 rings (SSSR count). The summed E-state index contributed by atoms with van der Waals surface area (Å²) in [6.07, 6.45) is 0.646. The highest BCUT2D eigenvalue weighted by atomic mass is 16.5. The first-order valence-corrected chi connectivity index (χ1v) is 7.92. The van der Waals surface area contributed by atoms with Crippen LogP contribution in [0, 0.1) is 0 Å². The zero-order valence-electron chi connectivity index (χ0n) is 13.5. The van der Waals surface area contributed by atoms with Gasteiger partial charge >= 0.3 is 0 Å². The molecule has 1 aliphatic heterocycles. The minimum atomic E-state index is -0.188. The van der Waals surface area contributed by atoms with Gasteiger partial charge in [0, 0.05) is 38.8 Å². The molecular formula is C17H28N2O2. The maximum absolute atomic E-state index is 9.75. The predicted octanol–water partition coefficient (Wildman–Crippen LogP) is 2.14. The van der Waals surface area contributed by atoms with E-state index in [0.29, 0.717) is 6.04 Å². The van der Waals surface area contributed by atoms with Gasteiger partial charge in [-0.1, -0.05) is 19.1 Å².